The summed E-state index contributed by atoms with van der Waals surface area (Å²) in [6.07, 6.45) is 1.19. The first-order valence-electron chi connectivity index (χ1n) is 3.76. The predicted octanol–water partition coefficient (Wildman–Crippen LogP) is 2.38. The quantitative estimate of drug-likeness (QED) is 0.620. The molecule has 16 heavy (non-hydrogen) atoms. The van der Waals surface area contributed by atoms with Gasteiger partial charge in [0.1, 0.15) is 0 Å². The first-order valence-corrected chi connectivity index (χ1v) is 5.96. The van der Waals surface area contributed by atoms with Gasteiger partial charge in [-0.05, 0) is 34.5 Å². The van der Waals surface area contributed by atoms with Gasteiger partial charge in [0.15, 0.2) is 0 Å². The molecule has 0 aliphatic rings. The highest BCUT2D eigenvalue weighted by Gasteiger charge is 2.49. The van der Waals surface area contributed by atoms with Crippen molar-refractivity contribution in [2.75, 3.05) is 0 Å². The van der Waals surface area contributed by atoms with E-state index < -0.39 is 21.5 Å². The number of hydrogen-bond acceptors (Lipinski definition) is 4. The summed E-state index contributed by atoms with van der Waals surface area (Å²) in [5, 5.41) is 0. The van der Waals surface area contributed by atoms with Crippen LogP contribution in [0.4, 0.5) is 13.2 Å². The van der Waals surface area contributed by atoms with Gasteiger partial charge in [0, 0.05) is 6.20 Å². The fourth-order valence-electron chi connectivity index (χ4n) is 0.733. The highest BCUT2D eigenvalue weighted by Crippen LogP contribution is 2.30. The number of alkyl halides is 3. The molecule has 0 amide bonds. The average molecular weight is 320 g/mol. The molecule has 1 aromatic rings. The Labute approximate surface area is 97.7 Å². The second kappa shape index (κ2) is 4.21. The molecule has 0 saturated carbocycles. The summed E-state index contributed by atoms with van der Waals surface area (Å²) in [5.74, 6) is -0.650. The van der Waals surface area contributed by atoms with Gasteiger partial charge in [0.05, 0.1) is 4.47 Å². The van der Waals surface area contributed by atoms with Gasteiger partial charge in [-0.25, -0.2) is 4.98 Å². The molecule has 0 N–H and O–H groups in total. The highest BCUT2D eigenvalue weighted by atomic mass is 79.9. The van der Waals surface area contributed by atoms with Crippen molar-refractivity contribution in [1.29, 1.82) is 0 Å². The summed E-state index contributed by atoms with van der Waals surface area (Å²) in [7, 11) is -5.68. The first kappa shape index (κ1) is 13.2. The SMILES string of the molecule is Cc1cnc(OS(=O)(=O)C(F)(F)F)c(Br)c1. The molecule has 0 unspecified atom stereocenters. The molecule has 0 atom stereocenters. The third-order valence-electron chi connectivity index (χ3n) is 1.42. The zero-order valence-corrected chi connectivity index (χ0v) is 10.1. The van der Waals surface area contributed by atoms with Gasteiger partial charge in [-0.15, -0.1) is 0 Å². The molecule has 0 fully saturated rings. The third-order valence-corrected chi connectivity index (χ3v) is 2.93. The van der Waals surface area contributed by atoms with Crippen LogP contribution in [0.5, 0.6) is 5.88 Å². The molecular formula is C7H5BrF3NO3S. The maximum atomic E-state index is 12.0. The lowest BCUT2D eigenvalue weighted by Gasteiger charge is -2.09. The van der Waals surface area contributed by atoms with E-state index in [1.807, 2.05) is 0 Å². The molecule has 0 saturated heterocycles. The maximum absolute atomic E-state index is 12.0. The highest BCUT2D eigenvalue weighted by molar-refractivity contribution is 9.10. The van der Waals surface area contributed by atoms with Crippen LogP contribution in [-0.4, -0.2) is 18.9 Å². The van der Waals surface area contributed by atoms with Crippen molar-refractivity contribution in [2.45, 2.75) is 12.4 Å². The molecular weight excluding hydrogens is 315 g/mol. The topological polar surface area (TPSA) is 56.3 Å². The zero-order chi connectivity index (χ0) is 12.6. The zero-order valence-electron chi connectivity index (χ0n) is 7.75. The Morgan fingerprint density at radius 3 is 2.44 bits per heavy atom. The fraction of sp³-hybridized carbons (Fsp3) is 0.286. The molecule has 1 rings (SSSR count). The minimum Gasteiger partial charge on any atom is -0.354 e. The van der Waals surface area contributed by atoms with Crippen LogP contribution in [0.1, 0.15) is 5.56 Å². The van der Waals surface area contributed by atoms with E-state index in [2.05, 4.69) is 25.1 Å². The second-order valence-electron chi connectivity index (χ2n) is 2.78. The van der Waals surface area contributed by atoms with Crippen LogP contribution in [0.3, 0.4) is 0 Å². The maximum Gasteiger partial charge on any atom is 0.534 e. The molecule has 0 aliphatic heterocycles. The minimum atomic E-state index is -5.68. The van der Waals surface area contributed by atoms with Crippen LogP contribution in [0.15, 0.2) is 16.7 Å². The fourth-order valence-corrected chi connectivity index (χ4v) is 1.82. The van der Waals surface area contributed by atoms with Gasteiger partial charge in [-0.1, -0.05) is 0 Å². The summed E-state index contributed by atoms with van der Waals surface area (Å²) < 4.78 is 61.1. The van der Waals surface area contributed by atoms with Crippen molar-refractivity contribution in [3.8, 4) is 5.88 Å². The molecule has 0 spiro atoms. The van der Waals surface area contributed by atoms with E-state index in [0.29, 0.717) is 5.56 Å². The van der Waals surface area contributed by atoms with E-state index in [-0.39, 0.29) is 4.47 Å². The Balaban J connectivity index is 3.07. The lowest BCUT2D eigenvalue weighted by atomic mass is 10.3. The van der Waals surface area contributed by atoms with Crippen molar-refractivity contribution in [3.05, 3.63) is 22.3 Å². The number of aryl methyl sites for hydroxylation is 1. The Hall–Kier alpha value is -0.830. The van der Waals surface area contributed by atoms with E-state index in [9.17, 15) is 21.6 Å². The van der Waals surface area contributed by atoms with Gasteiger partial charge in [0.2, 0.25) is 5.88 Å². The normalized spacial score (nSPS) is 12.6. The molecule has 9 heteroatoms. The minimum absolute atomic E-state index is 0.0281. The summed E-state index contributed by atoms with van der Waals surface area (Å²) in [6.45, 7) is 1.64. The van der Waals surface area contributed by atoms with Crippen LogP contribution in [-0.2, 0) is 10.1 Å². The number of hydrogen-bond donors (Lipinski definition) is 0. The van der Waals surface area contributed by atoms with Gasteiger partial charge in [-0.3, -0.25) is 0 Å². The largest absolute Gasteiger partial charge is 0.534 e. The number of pyridine rings is 1. The van der Waals surface area contributed by atoms with Crippen molar-refractivity contribution in [1.82, 2.24) is 4.98 Å². The summed E-state index contributed by atoms with van der Waals surface area (Å²) in [4.78, 5) is 3.43. The van der Waals surface area contributed by atoms with Crippen LogP contribution in [0.2, 0.25) is 0 Å². The molecule has 0 bridgehead atoms. The molecule has 0 aromatic carbocycles. The van der Waals surface area contributed by atoms with E-state index in [4.69, 9.17) is 0 Å². The van der Waals surface area contributed by atoms with E-state index in [1.165, 1.54) is 12.3 Å². The van der Waals surface area contributed by atoms with Gasteiger partial charge in [-0.2, -0.15) is 21.6 Å². The average Bonchev–Trinajstić information content (AvgIpc) is 2.08. The number of halogens is 4. The van der Waals surface area contributed by atoms with Crippen LogP contribution in [0.25, 0.3) is 0 Å². The van der Waals surface area contributed by atoms with Crippen molar-refractivity contribution >= 4 is 26.0 Å². The Morgan fingerprint density at radius 2 is 2.00 bits per heavy atom. The van der Waals surface area contributed by atoms with Crippen molar-refractivity contribution in [3.63, 3.8) is 0 Å². The summed E-state index contributed by atoms with van der Waals surface area (Å²) in [6, 6.07) is 1.38. The van der Waals surface area contributed by atoms with Crippen LogP contribution < -0.4 is 4.18 Å². The van der Waals surface area contributed by atoms with Crippen LogP contribution >= 0.6 is 15.9 Å². The molecule has 1 heterocycles. The van der Waals surface area contributed by atoms with E-state index in [1.54, 1.807) is 6.92 Å². The lowest BCUT2D eigenvalue weighted by Crippen LogP contribution is -2.28. The third kappa shape index (κ3) is 2.85. The van der Waals surface area contributed by atoms with E-state index >= 15 is 0 Å². The van der Waals surface area contributed by atoms with Crippen molar-refractivity contribution in [2.24, 2.45) is 0 Å². The molecule has 1 aromatic heterocycles. The first-order chi connectivity index (χ1) is 7.13. The molecule has 0 aliphatic carbocycles. The summed E-state index contributed by atoms with van der Waals surface area (Å²) in [5.41, 5.74) is -4.83. The molecule has 0 radical (unpaired) electrons. The lowest BCUT2D eigenvalue weighted by molar-refractivity contribution is -0.0501. The Morgan fingerprint density at radius 1 is 1.44 bits per heavy atom. The predicted molar refractivity (Wildman–Crippen MR) is 52.3 cm³/mol. The Kier molecular flexibility index (Phi) is 3.48. The molecule has 90 valence electrons. The van der Waals surface area contributed by atoms with Gasteiger partial charge < -0.3 is 4.18 Å². The number of nitrogens with zero attached hydrogens (tertiary/aromatic N) is 1. The molecule has 4 nitrogen and oxygen atoms in total. The second-order valence-corrected chi connectivity index (χ2v) is 5.18. The van der Waals surface area contributed by atoms with Gasteiger partial charge in [0.25, 0.3) is 0 Å². The monoisotopic (exact) mass is 319 g/mol. The van der Waals surface area contributed by atoms with Gasteiger partial charge >= 0.3 is 15.6 Å². The van der Waals surface area contributed by atoms with E-state index in [0.717, 1.165) is 0 Å². The standard InChI is InChI=1S/C7H5BrF3NO3S/c1-4-2-5(8)6(12-3-4)15-16(13,14)7(9,10)11/h2-3H,1H3. The number of aromatic nitrogens is 1. The smallest absolute Gasteiger partial charge is 0.354 e. The van der Waals surface area contributed by atoms with Crippen LogP contribution in [0, 0.1) is 6.92 Å². The summed E-state index contributed by atoms with van der Waals surface area (Å²) >= 11 is 2.85. The Bertz CT molecular complexity index is 500. The number of rotatable bonds is 2. The van der Waals surface area contributed by atoms with Crippen molar-refractivity contribution < 1.29 is 25.8 Å².